The number of carbonyl (C=O) groups excluding carboxylic acids is 3. The zero-order valence-corrected chi connectivity index (χ0v) is 15.9. The molecule has 11 heteroatoms. The fraction of sp³-hybridized carbons (Fsp3) is 0.444. The van der Waals surface area contributed by atoms with E-state index in [2.05, 4.69) is 10.6 Å². The molecule has 0 heterocycles. The molecule has 0 radical (unpaired) electrons. The second kappa shape index (κ2) is 11.7. The number of carboxylic acids is 1. The second-order valence-electron chi connectivity index (χ2n) is 6.38. The molecule has 1 aromatic rings. The molecule has 4 atom stereocenters. The summed E-state index contributed by atoms with van der Waals surface area (Å²) in [5.41, 5.74) is 6.67. The van der Waals surface area contributed by atoms with Crippen molar-refractivity contribution in [1.82, 2.24) is 16.0 Å². The van der Waals surface area contributed by atoms with E-state index in [1.807, 2.05) is 11.4 Å². The molecule has 0 spiro atoms. The second-order valence-corrected chi connectivity index (χ2v) is 6.38. The highest BCUT2D eigenvalue weighted by atomic mass is 16.4. The van der Waals surface area contributed by atoms with Gasteiger partial charge in [0.25, 0.3) is 0 Å². The number of aliphatic hydroxyl groups is 2. The maximum Gasteiger partial charge on any atom is 0.322 e. The number of nitrogens with one attached hydrogen (secondary N) is 3. The molecule has 0 aliphatic rings. The summed E-state index contributed by atoms with van der Waals surface area (Å²) in [4.78, 5) is 47.0. The molecule has 0 bridgehead atoms. The van der Waals surface area contributed by atoms with Crippen molar-refractivity contribution in [2.45, 2.75) is 37.6 Å². The van der Waals surface area contributed by atoms with Crippen molar-refractivity contribution in [3.8, 4) is 0 Å². The molecular weight excluding hydrogens is 384 g/mol. The van der Waals surface area contributed by atoms with Crippen LogP contribution in [0.3, 0.4) is 0 Å². The van der Waals surface area contributed by atoms with Crippen molar-refractivity contribution in [2.75, 3.05) is 13.2 Å². The smallest absolute Gasteiger partial charge is 0.322 e. The first-order valence-electron chi connectivity index (χ1n) is 8.84. The maximum atomic E-state index is 12.4. The largest absolute Gasteiger partial charge is 0.480 e. The lowest BCUT2D eigenvalue weighted by molar-refractivity contribution is -0.139. The predicted molar refractivity (Wildman–Crippen MR) is 101 cm³/mol. The van der Waals surface area contributed by atoms with Crippen LogP contribution in [0.5, 0.6) is 0 Å². The molecule has 1 rings (SSSR count). The molecule has 160 valence electrons. The summed E-state index contributed by atoms with van der Waals surface area (Å²) in [6, 6.07) is 5.07. The molecule has 0 aliphatic carbocycles. The van der Waals surface area contributed by atoms with Crippen molar-refractivity contribution in [1.29, 1.82) is 0 Å². The number of aliphatic carboxylic acids is 1. The van der Waals surface area contributed by atoms with Crippen LogP contribution >= 0.6 is 0 Å². The Kier molecular flexibility index (Phi) is 9.72. The van der Waals surface area contributed by atoms with E-state index >= 15 is 0 Å². The average molecular weight is 410 g/mol. The van der Waals surface area contributed by atoms with E-state index < -0.39 is 61.1 Å². The molecule has 11 nitrogen and oxygen atoms in total. The topological polar surface area (TPSA) is 191 Å². The summed E-state index contributed by atoms with van der Waals surface area (Å²) in [6.45, 7) is -0.257. The third-order valence-electron chi connectivity index (χ3n) is 3.93. The summed E-state index contributed by atoms with van der Waals surface area (Å²) >= 11 is 0. The van der Waals surface area contributed by atoms with Crippen molar-refractivity contribution in [3.63, 3.8) is 0 Å². The van der Waals surface area contributed by atoms with E-state index in [4.69, 9.17) is 10.8 Å². The zero-order valence-electron chi connectivity index (χ0n) is 15.9. The minimum absolute atomic E-state index is 0.206. The number of benzene rings is 1. The first-order valence-corrected chi connectivity index (χ1v) is 8.84. The van der Waals surface area contributed by atoms with Gasteiger partial charge < -0.3 is 37.0 Å². The van der Waals surface area contributed by atoms with E-state index in [9.17, 15) is 29.4 Å². The molecular formula is C18H26N4O7. The van der Waals surface area contributed by atoms with Gasteiger partial charge in [0.05, 0.1) is 18.8 Å². The lowest BCUT2D eigenvalue weighted by Crippen LogP contribution is -2.60. The number of amides is 3. The summed E-state index contributed by atoms with van der Waals surface area (Å²) in [6.07, 6.45) is -1.12. The Hall–Kier alpha value is -3.02. The molecule has 3 amide bonds. The van der Waals surface area contributed by atoms with Gasteiger partial charge in [-0.1, -0.05) is 30.3 Å². The van der Waals surface area contributed by atoms with Gasteiger partial charge in [-0.15, -0.1) is 0 Å². The lowest BCUT2D eigenvalue weighted by Gasteiger charge is -2.25. The standard InChI is InChI=1S/C18H26N4O7/c1-10(24)15(18(29)21-13(9-23)17(28)20-8-14(25)26)22-16(27)12(19)7-11-5-3-2-4-6-11/h2-6,10,12-13,15,23-24H,7-9,19H2,1H3,(H,20,28)(H,21,29)(H,22,27)(H,25,26). The van der Waals surface area contributed by atoms with Gasteiger partial charge >= 0.3 is 5.97 Å². The van der Waals surface area contributed by atoms with Crippen molar-refractivity contribution >= 4 is 23.7 Å². The molecule has 0 fully saturated rings. The summed E-state index contributed by atoms with van der Waals surface area (Å²) in [7, 11) is 0. The first-order chi connectivity index (χ1) is 13.6. The highest BCUT2D eigenvalue weighted by molar-refractivity contribution is 5.94. The van der Waals surface area contributed by atoms with Gasteiger partial charge in [-0.05, 0) is 18.9 Å². The van der Waals surface area contributed by atoms with E-state index in [-0.39, 0.29) is 6.42 Å². The van der Waals surface area contributed by atoms with Crippen LogP contribution in [0.4, 0.5) is 0 Å². The Bertz CT molecular complexity index is 711. The number of aliphatic hydroxyl groups excluding tert-OH is 2. The molecule has 0 saturated heterocycles. The number of rotatable bonds is 11. The Morgan fingerprint density at radius 3 is 2.17 bits per heavy atom. The van der Waals surface area contributed by atoms with Crippen LogP contribution in [0.15, 0.2) is 30.3 Å². The summed E-state index contributed by atoms with van der Waals surface area (Å²) < 4.78 is 0. The monoisotopic (exact) mass is 410 g/mol. The highest BCUT2D eigenvalue weighted by Crippen LogP contribution is 2.03. The molecule has 8 N–H and O–H groups in total. The van der Waals surface area contributed by atoms with Crippen LogP contribution in [-0.4, -0.2) is 76.4 Å². The summed E-state index contributed by atoms with van der Waals surface area (Å²) in [5, 5.41) is 34.2. The van der Waals surface area contributed by atoms with Crippen LogP contribution in [0.25, 0.3) is 0 Å². The van der Waals surface area contributed by atoms with Crippen LogP contribution < -0.4 is 21.7 Å². The SMILES string of the molecule is CC(O)C(NC(=O)C(N)Cc1ccccc1)C(=O)NC(CO)C(=O)NCC(=O)O. The van der Waals surface area contributed by atoms with Gasteiger partial charge in [-0.25, -0.2) is 0 Å². The van der Waals surface area contributed by atoms with Crippen molar-refractivity contribution < 1.29 is 34.5 Å². The van der Waals surface area contributed by atoms with Crippen molar-refractivity contribution in [3.05, 3.63) is 35.9 Å². The van der Waals surface area contributed by atoms with Crippen LogP contribution in [0.2, 0.25) is 0 Å². The third kappa shape index (κ3) is 8.25. The molecule has 0 aromatic heterocycles. The number of hydrogen-bond donors (Lipinski definition) is 7. The van der Waals surface area contributed by atoms with Crippen LogP contribution in [0.1, 0.15) is 12.5 Å². The van der Waals surface area contributed by atoms with Gasteiger partial charge in [-0.3, -0.25) is 19.2 Å². The molecule has 0 saturated carbocycles. The molecule has 1 aromatic carbocycles. The average Bonchev–Trinajstić information content (AvgIpc) is 2.68. The van der Waals surface area contributed by atoms with Gasteiger partial charge in [0.15, 0.2) is 0 Å². The van der Waals surface area contributed by atoms with E-state index in [1.54, 1.807) is 24.3 Å². The van der Waals surface area contributed by atoms with Crippen LogP contribution in [-0.2, 0) is 25.6 Å². The maximum absolute atomic E-state index is 12.4. The van der Waals surface area contributed by atoms with E-state index in [0.717, 1.165) is 5.56 Å². The van der Waals surface area contributed by atoms with Gasteiger partial charge in [0.1, 0.15) is 18.6 Å². The molecule has 4 unspecified atom stereocenters. The van der Waals surface area contributed by atoms with E-state index in [1.165, 1.54) is 6.92 Å². The summed E-state index contributed by atoms with van der Waals surface area (Å²) in [5.74, 6) is -3.86. The highest BCUT2D eigenvalue weighted by Gasteiger charge is 2.30. The number of hydrogen-bond acceptors (Lipinski definition) is 7. The van der Waals surface area contributed by atoms with Gasteiger partial charge in [-0.2, -0.15) is 0 Å². The number of carboxylic acid groups (broad SMARTS) is 1. The zero-order chi connectivity index (χ0) is 22.0. The van der Waals surface area contributed by atoms with Gasteiger partial charge in [0.2, 0.25) is 17.7 Å². The Labute approximate surface area is 167 Å². The number of nitrogens with two attached hydrogens (primary N) is 1. The van der Waals surface area contributed by atoms with Crippen LogP contribution in [0, 0.1) is 0 Å². The molecule has 0 aliphatic heterocycles. The fourth-order valence-corrected chi connectivity index (χ4v) is 2.37. The molecule has 29 heavy (non-hydrogen) atoms. The van der Waals surface area contributed by atoms with E-state index in [0.29, 0.717) is 0 Å². The Morgan fingerprint density at radius 2 is 1.66 bits per heavy atom. The van der Waals surface area contributed by atoms with Gasteiger partial charge in [0, 0.05) is 0 Å². The quantitative estimate of drug-likeness (QED) is 0.202. The lowest BCUT2D eigenvalue weighted by atomic mass is 10.0. The third-order valence-corrected chi connectivity index (χ3v) is 3.93. The predicted octanol–water partition coefficient (Wildman–Crippen LogP) is -2.90. The van der Waals surface area contributed by atoms with Crippen molar-refractivity contribution in [2.24, 2.45) is 5.73 Å². The normalized spacial score (nSPS) is 14.8. The fourth-order valence-electron chi connectivity index (χ4n) is 2.37. The minimum Gasteiger partial charge on any atom is -0.480 e. The Morgan fingerprint density at radius 1 is 1.03 bits per heavy atom. The first kappa shape index (κ1) is 24.0. The minimum atomic E-state index is -1.46. The number of carbonyl (C=O) groups is 4. The Balaban J connectivity index is 2.71.